The highest BCUT2D eigenvalue weighted by atomic mass is 32.1. The summed E-state index contributed by atoms with van der Waals surface area (Å²) in [4.78, 5) is 2.31. The molecule has 1 saturated heterocycles. The van der Waals surface area contributed by atoms with E-state index < -0.39 is 0 Å². The Kier molecular flexibility index (Phi) is 3.75. The van der Waals surface area contributed by atoms with Crippen molar-refractivity contribution in [2.24, 2.45) is 0 Å². The second kappa shape index (κ2) is 5.67. The molecule has 100 valence electrons. The van der Waals surface area contributed by atoms with Crippen molar-refractivity contribution in [2.75, 3.05) is 31.2 Å². The fraction of sp³-hybridized carbons (Fsp3) is 0.429. The van der Waals surface area contributed by atoms with Crippen molar-refractivity contribution < 1.29 is 9.42 Å². The minimum absolute atomic E-state index is 0.803. The Bertz CT molecular complexity index is 535. The van der Waals surface area contributed by atoms with E-state index in [1.807, 2.05) is 6.07 Å². The molecular weight excluding hydrogens is 258 g/mol. The predicted molar refractivity (Wildman–Crippen MR) is 75.6 cm³/mol. The van der Waals surface area contributed by atoms with E-state index in [2.05, 4.69) is 40.8 Å². The molecule has 0 atom stereocenters. The lowest BCUT2D eigenvalue weighted by atomic mass is 10.2. The third-order valence-electron chi connectivity index (χ3n) is 3.27. The summed E-state index contributed by atoms with van der Waals surface area (Å²) in [6.45, 7) is 6.46. The first-order valence-corrected chi connectivity index (χ1v) is 7.39. The Morgan fingerprint density at radius 1 is 1.26 bits per heavy atom. The molecule has 2 heterocycles. The van der Waals surface area contributed by atoms with E-state index in [1.54, 1.807) is 11.3 Å². The molecule has 0 radical (unpaired) electrons. The van der Waals surface area contributed by atoms with Crippen LogP contribution < -0.4 is 9.58 Å². The van der Waals surface area contributed by atoms with Crippen LogP contribution in [0.15, 0.2) is 30.3 Å². The van der Waals surface area contributed by atoms with Crippen LogP contribution in [0.1, 0.15) is 10.6 Å². The van der Waals surface area contributed by atoms with Crippen LogP contribution in [0.25, 0.3) is 0 Å². The minimum Gasteiger partial charge on any atom is -0.378 e. The number of hydrogen-bond donors (Lipinski definition) is 0. The van der Waals surface area contributed by atoms with Gasteiger partial charge >= 0.3 is 0 Å². The molecule has 0 bridgehead atoms. The second-order valence-electron chi connectivity index (χ2n) is 4.65. The van der Waals surface area contributed by atoms with E-state index in [4.69, 9.17) is 9.84 Å². The van der Waals surface area contributed by atoms with Crippen LogP contribution >= 0.6 is 11.3 Å². The van der Waals surface area contributed by atoms with E-state index in [0.717, 1.165) is 38.0 Å². The lowest BCUT2D eigenvalue weighted by Crippen LogP contribution is -2.41. The van der Waals surface area contributed by atoms with Gasteiger partial charge in [-0.15, -0.1) is 0 Å². The molecule has 3 rings (SSSR count). The fourth-order valence-corrected chi connectivity index (χ4v) is 3.09. The van der Waals surface area contributed by atoms with E-state index in [9.17, 15) is 0 Å². The van der Waals surface area contributed by atoms with Gasteiger partial charge in [0.05, 0.1) is 13.2 Å². The molecule has 1 aromatic carbocycles. The summed E-state index contributed by atoms with van der Waals surface area (Å²) in [6.07, 6.45) is 0. The molecule has 0 N–H and O–H groups in total. The molecule has 1 fully saturated rings. The number of ether oxygens (including phenoxy) is 1. The van der Waals surface area contributed by atoms with Gasteiger partial charge in [-0.2, -0.15) is 0 Å². The maximum Gasteiger partial charge on any atom is 0.264 e. The van der Waals surface area contributed by atoms with Gasteiger partial charge in [-0.05, 0) is 11.3 Å². The van der Waals surface area contributed by atoms with Crippen molar-refractivity contribution in [3.05, 3.63) is 40.9 Å². The normalized spacial score (nSPS) is 15.7. The maximum absolute atomic E-state index is 5.38. The molecule has 4 nitrogen and oxygen atoms in total. The number of hydrogen-bond acceptors (Lipinski definition) is 4. The topological polar surface area (TPSA) is 29.2 Å². The maximum atomic E-state index is 5.38. The van der Waals surface area contributed by atoms with Gasteiger partial charge in [0.25, 0.3) is 10.1 Å². The SMILES string of the molecule is Cc1sc(N2CCOCC2)n[n+]1Cc1ccccc1. The molecule has 0 saturated carbocycles. The van der Waals surface area contributed by atoms with E-state index in [1.165, 1.54) is 10.6 Å². The summed E-state index contributed by atoms with van der Waals surface area (Å²) in [5.41, 5.74) is 1.29. The van der Waals surface area contributed by atoms with E-state index in [0.29, 0.717) is 0 Å². The van der Waals surface area contributed by atoms with Crippen LogP contribution in [0.4, 0.5) is 5.13 Å². The molecular formula is C14H18N3OS+. The zero-order chi connectivity index (χ0) is 13.1. The monoisotopic (exact) mass is 276 g/mol. The standard InChI is InChI=1S/C14H18N3OS/c1-12-17(11-13-5-3-2-4-6-13)15-14(19-12)16-7-9-18-10-8-16/h2-6H,7-11H2,1H3/q+1. The second-order valence-corrected chi connectivity index (χ2v) is 5.81. The molecule has 1 aliphatic rings. The molecule has 0 unspecified atom stereocenters. The Balaban J connectivity index is 1.77. The number of benzene rings is 1. The molecule has 0 spiro atoms. The van der Waals surface area contributed by atoms with Gasteiger partial charge in [0, 0.05) is 30.7 Å². The summed E-state index contributed by atoms with van der Waals surface area (Å²) in [7, 11) is 0. The van der Waals surface area contributed by atoms with Crippen molar-refractivity contribution in [1.82, 2.24) is 5.10 Å². The predicted octanol–water partition coefficient (Wildman–Crippen LogP) is 1.62. The summed E-state index contributed by atoms with van der Waals surface area (Å²) < 4.78 is 7.47. The molecule has 19 heavy (non-hydrogen) atoms. The van der Waals surface area contributed by atoms with Gasteiger partial charge in [-0.3, -0.25) is 0 Å². The van der Waals surface area contributed by atoms with Crippen LogP contribution in [0, 0.1) is 6.92 Å². The lowest BCUT2D eigenvalue weighted by Gasteiger charge is -2.24. The van der Waals surface area contributed by atoms with E-state index in [-0.39, 0.29) is 0 Å². The number of nitrogens with zero attached hydrogens (tertiary/aromatic N) is 3. The molecule has 0 aliphatic carbocycles. The van der Waals surface area contributed by atoms with Crippen LogP contribution in [0.5, 0.6) is 0 Å². The molecule has 2 aromatic rings. The third kappa shape index (κ3) is 2.93. The first-order valence-electron chi connectivity index (χ1n) is 6.57. The molecule has 1 aliphatic heterocycles. The number of aromatic nitrogens is 2. The van der Waals surface area contributed by atoms with Crippen LogP contribution in [-0.2, 0) is 11.3 Å². The van der Waals surface area contributed by atoms with Gasteiger partial charge < -0.3 is 9.64 Å². The number of anilines is 1. The highest BCUT2D eigenvalue weighted by Gasteiger charge is 2.22. The van der Waals surface area contributed by atoms with Gasteiger partial charge in [0.1, 0.15) is 0 Å². The summed E-state index contributed by atoms with van der Waals surface area (Å²) >= 11 is 1.76. The molecule has 0 amide bonds. The van der Waals surface area contributed by atoms with Crippen LogP contribution in [0.3, 0.4) is 0 Å². The van der Waals surface area contributed by atoms with Crippen LogP contribution in [0.2, 0.25) is 0 Å². The quantitative estimate of drug-likeness (QED) is 0.798. The van der Waals surface area contributed by atoms with Gasteiger partial charge in [-0.1, -0.05) is 35.0 Å². The van der Waals surface area contributed by atoms with Crippen molar-refractivity contribution in [1.29, 1.82) is 0 Å². The smallest absolute Gasteiger partial charge is 0.264 e. The Labute approximate surface area is 117 Å². The molecule has 1 aromatic heterocycles. The largest absolute Gasteiger partial charge is 0.378 e. The highest BCUT2D eigenvalue weighted by molar-refractivity contribution is 7.14. The van der Waals surface area contributed by atoms with Gasteiger partial charge in [0.15, 0.2) is 0 Å². The third-order valence-corrected chi connectivity index (χ3v) is 4.29. The van der Waals surface area contributed by atoms with Crippen molar-refractivity contribution in [3.63, 3.8) is 0 Å². The Hall–Kier alpha value is -1.46. The fourth-order valence-electron chi connectivity index (χ4n) is 2.16. The number of rotatable bonds is 3. The van der Waals surface area contributed by atoms with E-state index >= 15 is 0 Å². The van der Waals surface area contributed by atoms with Crippen molar-refractivity contribution >= 4 is 16.5 Å². The zero-order valence-corrected chi connectivity index (χ0v) is 11.9. The lowest BCUT2D eigenvalue weighted by molar-refractivity contribution is -0.745. The zero-order valence-electron chi connectivity index (χ0n) is 11.1. The van der Waals surface area contributed by atoms with Gasteiger partial charge in [-0.25, -0.2) is 0 Å². The Morgan fingerprint density at radius 3 is 2.74 bits per heavy atom. The number of morpholine rings is 1. The summed E-state index contributed by atoms with van der Waals surface area (Å²) in [5, 5.41) is 7.08. The average Bonchev–Trinajstić information content (AvgIpc) is 2.82. The van der Waals surface area contributed by atoms with Crippen molar-refractivity contribution in [2.45, 2.75) is 13.5 Å². The summed E-state index contributed by atoms with van der Waals surface area (Å²) in [6, 6.07) is 10.5. The average molecular weight is 276 g/mol. The van der Waals surface area contributed by atoms with Crippen LogP contribution in [-0.4, -0.2) is 31.4 Å². The first-order chi connectivity index (χ1) is 9.33. The number of aryl methyl sites for hydroxylation is 1. The highest BCUT2D eigenvalue weighted by Crippen LogP contribution is 2.19. The Morgan fingerprint density at radius 2 is 2.00 bits per heavy atom. The first kappa shape index (κ1) is 12.6. The van der Waals surface area contributed by atoms with Crippen molar-refractivity contribution in [3.8, 4) is 0 Å². The molecule has 5 heteroatoms. The summed E-state index contributed by atoms with van der Waals surface area (Å²) in [5.74, 6) is 0. The minimum atomic E-state index is 0.803. The van der Waals surface area contributed by atoms with Gasteiger partial charge in [0.2, 0.25) is 6.54 Å².